The van der Waals surface area contributed by atoms with Crippen molar-refractivity contribution in [2.45, 2.75) is 31.1 Å². The average Bonchev–Trinajstić information content (AvgIpc) is 2.72. The third kappa shape index (κ3) is 5.72. The Labute approximate surface area is 173 Å². The Bertz CT molecular complexity index is 882. The van der Waals surface area contributed by atoms with Gasteiger partial charge in [-0.2, -0.15) is 4.31 Å². The van der Waals surface area contributed by atoms with Gasteiger partial charge < -0.3 is 14.8 Å². The third-order valence-electron chi connectivity index (χ3n) is 4.88. The molecule has 1 aliphatic rings. The second-order valence-electron chi connectivity index (χ2n) is 8.09. The summed E-state index contributed by atoms with van der Waals surface area (Å²) in [5.41, 5.74) is 2.26. The number of nitrogens with one attached hydrogen (secondary N) is 1. The molecule has 0 spiro atoms. The maximum Gasteiger partial charge on any atom is 0.243 e. The molecular formula is C22H30N2O4S. The summed E-state index contributed by atoms with van der Waals surface area (Å²) in [7, 11) is -3.45. The monoisotopic (exact) mass is 418 g/mol. The number of benzene rings is 2. The largest absolute Gasteiger partial charge is 0.492 e. The van der Waals surface area contributed by atoms with Crippen molar-refractivity contribution >= 4 is 15.7 Å². The Morgan fingerprint density at radius 3 is 2.21 bits per heavy atom. The maximum atomic E-state index is 12.6. The Hall–Kier alpha value is -2.09. The molecule has 7 heteroatoms. The molecule has 2 aromatic carbocycles. The lowest BCUT2D eigenvalue weighted by molar-refractivity contribution is 0.0730. The van der Waals surface area contributed by atoms with Gasteiger partial charge in [-0.25, -0.2) is 8.42 Å². The van der Waals surface area contributed by atoms with Gasteiger partial charge in [0.05, 0.1) is 18.1 Å². The molecule has 1 aliphatic heterocycles. The van der Waals surface area contributed by atoms with E-state index >= 15 is 0 Å². The Kier molecular flexibility index (Phi) is 6.82. The van der Waals surface area contributed by atoms with Gasteiger partial charge in [-0.15, -0.1) is 0 Å². The highest BCUT2D eigenvalue weighted by Crippen LogP contribution is 2.24. The van der Waals surface area contributed by atoms with Crippen LogP contribution in [0, 0.1) is 0 Å². The normalized spacial score (nSPS) is 15.8. The first-order valence-electron chi connectivity index (χ1n) is 9.92. The zero-order valence-corrected chi connectivity index (χ0v) is 18.2. The van der Waals surface area contributed by atoms with Crippen molar-refractivity contribution in [3.8, 4) is 5.75 Å². The number of anilines is 1. The number of sulfonamides is 1. The highest BCUT2D eigenvalue weighted by Gasteiger charge is 2.26. The van der Waals surface area contributed by atoms with E-state index in [1.54, 1.807) is 24.3 Å². The second kappa shape index (κ2) is 9.15. The standard InChI is InChI=1S/C22H30N2O4S/c1-22(2,3)18-4-8-20(9-5-18)28-15-12-23-19-6-10-21(11-7-19)29(25,26)24-13-16-27-17-14-24/h4-11,23H,12-17H2,1-3H3. The molecule has 1 N–H and O–H groups in total. The van der Waals surface area contributed by atoms with Crippen LogP contribution in [0.15, 0.2) is 53.4 Å². The van der Waals surface area contributed by atoms with Crippen molar-refractivity contribution in [3.05, 3.63) is 54.1 Å². The molecule has 2 aromatic rings. The molecule has 0 saturated carbocycles. The number of ether oxygens (including phenoxy) is 2. The van der Waals surface area contributed by atoms with E-state index in [1.807, 2.05) is 12.1 Å². The molecule has 0 atom stereocenters. The molecule has 6 nitrogen and oxygen atoms in total. The fraction of sp³-hybridized carbons (Fsp3) is 0.455. The lowest BCUT2D eigenvalue weighted by Crippen LogP contribution is -2.40. The molecule has 1 heterocycles. The predicted octanol–water partition coefficient (Wildman–Crippen LogP) is 3.50. The molecule has 0 amide bonds. The molecule has 3 rings (SSSR count). The van der Waals surface area contributed by atoms with Crippen LogP contribution in [0.2, 0.25) is 0 Å². The number of hydrogen-bond acceptors (Lipinski definition) is 5. The van der Waals surface area contributed by atoms with Gasteiger partial charge in [-0.05, 0) is 47.4 Å². The summed E-state index contributed by atoms with van der Waals surface area (Å²) in [5.74, 6) is 0.840. The smallest absolute Gasteiger partial charge is 0.243 e. The lowest BCUT2D eigenvalue weighted by Gasteiger charge is -2.26. The highest BCUT2D eigenvalue weighted by atomic mass is 32.2. The maximum absolute atomic E-state index is 12.6. The lowest BCUT2D eigenvalue weighted by atomic mass is 9.87. The van der Waals surface area contributed by atoms with Gasteiger partial charge in [0, 0.05) is 25.3 Å². The van der Waals surface area contributed by atoms with E-state index in [4.69, 9.17) is 9.47 Å². The zero-order chi connectivity index (χ0) is 20.9. The van der Waals surface area contributed by atoms with Crippen LogP contribution in [0.25, 0.3) is 0 Å². The van der Waals surface area contributed by atoms with Gasteiger partial charge >= 0.3 is 0 Å². The first-order chi connectivity index (χ1) is 13.8. The Morgan fingerprint density at radius 2 is 1.62 bits per heavy atom. The summed E-state index contributed by atoms with van der Waals surface area (Å²) in [6.07, 6.45) is 0. The Balaban J connectivity index is 1.48. The quantitative estimate of drug-likeness (QED) is 0.697. The van der Waals surface area contributed by atoms with Crippen LogP contribution in [-0.4, -0.2) is 52.2 Å². The molecule has 0 radical (unpaired) electrons. The zero-order valence-electron chi connectivity index (χ0n) is 17.3. The first kappa shape index (κ1) is 21.6. The van der Waals surface area contributed by atoms with Crippen molar-refractivity contribution in [2.24, 2.45) is 0 Å². The van der Waals surface area contributed by atoms with Crippen LogP contribution in [-0.2, 0) is 20.2 Å². The summed E-state index contributed by atoms with van der Waals surface area (Å²) in [6, 6.07) is 15.0. The minimum Gasteiger partial charge on any atom is -0.492 e. The molecule has 0 aliphatic carbocycles. The molecule has 1 saturated heterocycles. The molecule has 158 valence electrons. The fourth-order valence-corrected chi connectivity index (χ4v) is 4.50. The van der Waals surface area contributed by atoms with Gasteiger partial charge in [0.1, 0.15) is 12.4 Å². The van der Waals surface area contributed by atoms with Crippen LogP contribution < -0.4 is 10.1 Å². The van der Waals surface area contributed by atoms with Gasteiger partial charge in [0.15, 0.2) is 0 Å². The van der Waals surface area contributed by atoms with E-state index in [0.717, 1.165) is 11.4 Å². The number of rotatable bonds is 7. The summed E-state index contributed by atoms with van der Waals surface area (Å²) in [4.78, 5) is 0.306. The van der Waals surface area contributed by atoms with Crippen LogP contribution in [0.1, 0.15) is 26.3 Å². The van der Waals surface area contributed by atoms with Crippen molar-refractivity contribution < 1.29 is 17.9 Å². The van der Waals surface area contributed by atoms with Crippen LogP contribution in [0.4, 0.5) is 5.69 Å². The fourth-order valence-electron chi connectivity index (χ4n) is 3.10. The van der Waals surface area contributed by atoms with E-state index < -0.39 is 10.0 Å². The summed E-state index contributed by atoms with van der Waals surface area (Å²) >= 11 is 0. The molecule has 0 bridgehead atoms. The van der Waals surface area contributed by atoms with Gasteiger partial charge in [-0.3, -0.25) is 0 Å². The summed E-state index contributed by atoms with van der Waals surface area (Å²) in [5, 5.41) is 3.26. The van der Waals surface area contributed by atoms with E-state index in [1.165, 1.54) is 9.87 Å². The van der Waals surface area contributed by atoms with Crippen molar-refractivity contribution in [3.63, 3.8) is 0 Å². The molecular weight excluding hydrogens is 388 g/mol. The topological polar surface area (TPSA) is 67.9 Å². The highest BCUT2D eigenvalue weighted by molar-refractivity contribution is 7.89. The van der Waals surface area contributed by atoms with E-state index in [-0.39, 0.29) is 5.41 Å². The van der Waals surface area contributed by atoms with Gasteiger partial charge in [0.2, 0.25) is 10.0 Å². The average molecular weight is 419 g/mol. The number of morpholine rings is 1. The minimum atomic E-state index is -3.45. The van der Waals surface area contributed by atoms with E-state index in [2.05, 4.69) is 38.2 Å². The van der Waals surface area contributed by atoms with E-state index in [9.17, 15) is 8.42 Å². The van der Waals surface area contributed by atoms with Crippen LogP contribution in [0.3, 0.4) is 0 Å². The first-order valence-corrected chi connectivity index (χ1v) is 11.4. The molecule has 1 fully saturated rings. The van der Waals surface area contributed by atoms with Crippen LogP contribution in [0.5, 0.6) is 5.75 Å². The van der Waals surface area contributed by atoms with Crippen molar-refractivity contribution in [1.82, 2.24) is 4.31 Å². The summed E-state index contributed by atoms with van der Waals surface area (Å²) < 4.78 is 37.7. The Morgan fingerprint density at radius 1 is 1.00 bits per heavy atom. The third-order valence-corrected chi connectivity index (χ3v) is 6.80. The number of nitrogens with zero attached hydrogens (tertiary/aromatic N) is 1. The van der Waals surface area contributed by atoms with Crippen molar-refractivity contribution in [2.75, 3.05) is 44.8 Å². The molecule has 0 unspecified atom stereocenters. The molecule has 29 heavy (non-hydrogen) atoms. The SMILES string of the molecule is CC(C)(C)c1ccc(OCCNc2ccc(S(=O)(=O)N3CCOCC3)cc2)cc1. The minimum absolute atomic E-state index is 0.126. The number of hydrogen-bond donors (Lipinski definition) is 1. The van der Waals surface area contributed by atoms with Gasteiger partial charge in [0.25, 0.3) is 0 Å². The van der Waals surface area contributed by atoms with E-state index in [0.29, 0.717) is 44.4 Å². The summed E-state index contributed by atoms with van der Waals surface area (Å²) in [6.45, 7) is 9.38. The second-order valence-corrected chi connectivity index (χ2v) is 10.0. The van der Waals surface area contributed by atoms with Gasteiger partial charge in [-0.1, -0.05) is 32.9 Å². The van der Waals surface area contributed by atoms with Crippen LogP contribution >= 0.6 is 0 Å². The molecule has 0 aromatic heterocycles. The van der Waals surface area contributed by atoms with Crippen molar-refractivity contribution in [1.29, 1.82) is 0 Å². The predicted molar refractivity (Wildman–Crippen MR) is 115 cm³/mol.